The molecule has 4 rings (SSSR count). The lowest BCUT2D eigenvalue weighted by atomic mass is 9.98. The van der Waals surface area contributed by atoms with Crippen LogP contribution in [0.15, 0.2) is 48.5 Å². The van der Waals surface area contributed by atoms with Gasteiger partial charge < -0.3 is 15.2 Å². The van der Waals surface area contributed by atoms with Gasteiger partial charge in [-0.2, -0.15) is 0 Å². The van der Waals surface area contributed by atoms with Gasteiger partial charge in [0.1, 0.15) is 18.1 Å². The average Bonchev–Trinajstić information content (AvgIpc) is 3.49. The maximum Gasteiger partial charge on any atom is 0.124 e. The first-order chi connectivity index (χ1) is 12.3. The van der Waals surface area contributed by atoms with Gasteiger partial charge in [0.05, 0.1) is 0 Å². The largest absolute Gasteiger partial charge is 0.507 e. The molecule has 4 heteroatoms. The van der Waals surface area contributed by atoms with Crippen molar-refractivity contribution in [2.75, 3.05) is 26.2 Å². The predicted octanol–water partition coefficient (Wildman–Crippen LogP) is 3.33. The van der Waals surface area contributed by atoms with Gasteiger partial charge in [0.25, 0.3) is 0 Å². The number of rotatable bonds is 6. The molecule has 2 N–H and O–H groups in total. The standard InChI is InChI=1S/C21H26N2O2/c24-20-14-18(25-15-16-4-2-1-3-5-16)8-9-19(20)21(17-6-7-17)23-12-10-22-11-13-23/h1-5,8-9,14,17,21-22,24H,6-7,10-13,15H2/t21-/m0/s1. The Labute approximate surface area is 149 Å². The maximum atomic E-state index is 10.6. The number of phenolic OH excluding ortho intramolecular Hbond substituents is 1. The first-order valence-corrected chi connectivity index (χ1v) is 9.25. The SMILES string of the molecule is Oc1cc(OCc2ccccc2)ccc1[C@H](C1CC1)N1CCNCC1. The third kappa shape index (κ3) is 3.97. The van der Waals surface area contributed by atoms with Gasteiger partial charge in [0, 0.05) is 43.9 Å². The summed E-state index contributed by atoms with van der Waals surface area (Å²) in [5.74, 6) is 1.76. The van der Waals surface area contributed by atoms with Crippen LogP contribution in [0.25, 0.3) is 0 Å². The molecule has 0 bridgehead atoms. The number of hydrogen-bond acceptors (Lipinski definition) is 4. The fourth-order valence-corrected chi connectivity index (χ4v) is 3.73. The molecule has 0 amide bonds. The van der Waals surface area contributed by atoms with E-state index in [9.17, 15) is 5.11 Å². The van der Waals surface area contributed by atoms with Gasteiger partial charge >= 0.3 is 0 Å². The Morgan fingerprint density at radius 2 is 1.84 bits per heavy atom. The molecular weight excluding hydrogens is 312 g/mol. The van der Waals surface area contributed by atoms with E-state index in [1.54, 1.807) is 6.07 Å². The number of nitrogens with one attached hydrogen (secondary N) is 1. The van der Waals surface area contributed by atoms with Gasteiger partial charge in [-0.1, -0.05) is 36.4 Å². The van der Waals surface area contributed by atoms with Gasteiger partial charge in [0.2, 0.25) is 0 Å². The number of aromatic hydroxyl groups is 1. The maximum absolute atomic E-state index is 10.6. The minimum atomic E-state index is 0.338. The van der Waals surface area contributed by atoms with Crippen molar-refractivity contribution in [1.82, 2.24) is 10.2 Å². The summed E-state index contributed by atoms with van der Waals surface area (Å²) in [6.07, 6.45) is 2.53. The highest BCUT2D eigenvalue weighted by molar-refractivity contribution is 5.42. The smallest absolute Gasteiger partial charge is 0.124 e. The van der Waals surface area contributed by atoms with Crippen LogP contribution in [0.4, 0.5) is 0 Å². The summed E-state index contributed by atoms with van der Waals surface area (Å²) in [6.45, 7) is 4.67. The fourth-order valence-electron chi connectivity index (χ4n) is 3.73. The Morgan fingerprint density at radius 3 is 2.52 bits per heavy atom. The Balaban J connectivity index is 1.48. The van der Waals surface area contributed by atoms with Crippen LogP contribution in [-0.2, 0) is 6.61 Å². The summed E-state index contributed by atoms with van der Waals surface area (Å²) < 4.78 is 5.85. The van der Waals surface area contributed by atoms with E-state index < -0.39 is 0 Å². The van der Waals surface area contributed by atoms with E-state index in [-0.39, 0.29) is 0 Å². The minimum absolute atomic E-state index is 0.338. The van der Waals surface area contributed by atoms with Gasteiger partial charge in [-0.3, -0.25) is 4.90 Å². The summed E-state index contributed by atoms with van der Waals surface area (Å²) in [5, 5.41) is 14.1. The topological polar surface area (TPSA) is 44.7 Å². The molecule has 4 nitrogen and oxygen atoms in total. The van der Waals surface area contributed by atoms with Crippen LogP contribution in [0.2, 0.25) is 0 Å². The van der Waals surface area contributed by atoms with Gasteiger partial charge in [-0.25, -0.2) is 0 Å². The molecule has 2 aliphatic rings. The summed E-state index contributed by atoms with van der Waals surface area (Å²) >= 11 is 0. The van der Waals surface area contributed by atoms with Crippen LogP contribution in [0.5, 0.6) is 11.5 Å². The zero-order valence-corrected chi connectivity index (χ0v) is 14.5. The number of hydrogen-bond donors (Lipinski definition) is 2. The van der Waals surface area contributed by atoms with Crippen LogP contribution >= 0.6 is 0 Å². The highest BCUT2D eigenvalue weighted by Crippen LogP contribution is 2.47. The van der Waals surface area contributed by atoms with Crippen molar-refractivity contribution in [2.45, 2.75) is 25.5 Å². The zero-order valence-electron chi connectivity index (χ0n) is 14.5. The molecule has 0 radical (unpaired) electrons. The first-order valence-electron chi connectivity index (χ1n) is 9.25. The van der Waals surface area contributed by atoms with Crippen LogP contribution < -0.4 is 10.1 Å². The van der Waals surface area contributed by atoms with E-state index in [0.717, 1.165) is 43.1 Å². The third-order valence-electron chi connectivity index (χ3n) is 5.18. The summed E-state index contributed by atoms with van der Waals surface area (Å²) in [4.78, 5) is 2.52. The Kier molecular flexibility index (Phi) is 4.90. The molecule has 2 aromatic carbocycles. The van der Waals surface area contributed by atoms with Crippen molar-refractivity contribution in [1.29, 1.82) is 0 Å². The van der Waals surface area contributed by atoms with Crippen molar-refractivity contribution in [2.24, 2.45) is 5.92 Å². The minimum Gasteiger partial charge on any atom is -0.507 e. The van der Waals surface area contributed by atoms with Crippen molar-refractivity contribution in [3.05, 3.63) is 59.7 Å². The van der Waals surface area contributed by atoms with E-state index in [2.05, 4.69) is 16.3 Å². The summed E-state index contributed by atoms with van der Waals surface area (Å²) in [5.41, 5.74) is 2.18. The second kappa shape index (κ2) is 7.46. The van der Waals surface area contributed by atoms with Crippen molar-refractivity contribution in [3.8, 4) is 11.5 Å². The van der Waals surface area contributed by atoms with Crippen molar-refractivity contribution in [3.63, 3.8) is 0 Å². The lowest BCUT2D eigenvalue weighted by molar-refractivity contribution is 0.153. The van der Waals surface area contributed by atoms with Gasteiger partial charge in [0.15, 0.2) is 0 Å². The number of phenols is 1. The zero-order chi connectivity index (χ0) is 17.1. The molecule has 0 spiro atoms. The highest BCUT2D eigenvalue weighted by atomic mass is 16.5. The quantitative estimate of drug-likeness (QED) is 0.848. The molecule has 1 aliphatic heterocycles. The monoisotopic (exact) mass is 338 g/mol. The van der Waals surface area contributed by atoms with Gasteiger partial charge in [-0.05, 0) is 30.4 Å². The number of benzene rings is 2. The lowest BCUT2D eigenvalue weighted by Gasteiger charge is -2.35. The molecule has 0 unspecified atom stereocenters. The Morgan fingerprint density at radius 1 is 1.08 bits per heavy atom. The average molecular weight is 338 g/mol. The molecule has 1 saturated heterocycles. The second-order valence-electron chi connectivity index (χ2n) is 7.06. The van der Waals surface area contributed by atoms with Crippen LogP contribution in [0.1, 0.15) is 30.0 Å². The molecule has 1 saturated carbocycles. The fraction of sp³-hybridized carbons (Fsp3) is 0.429. The Bertz CT molecular complexity index is 694. The van der Waals surface area contributed by atoms with Crippen LogP contribution in [-0.4, -0.2) is 36.2 Å². The van der Waals surface area contributed by atoms with Crippen molar-refractivity contribution < 1.29 is 9.84 Å². The molecule has 2 fully saturated rings. The molecule has 25 heavy (non-hydrogen) atoms. The van der Waals surface area contributed by atoms with E-state index in [0.29, 0.717) is 24.3 Å². The molecule has 0 aromatic heterocycles. The molecule has 1 aliphatic carbocycles. The molecule has 1 heterocycles. The highest BCUT2D eigenvalue weighted by Gasteiger charge is 2.38. The predicted molar refractivity (Wildman–Crippen MR) is 98.8 cm³/mol. The lowest BCUT2D eigenvalue weighted by Crippen LogP contribution is -2.45. The van der Waals surface area contributed by atoms with Crippen molar-refractivity contribution >= 4 is 0 Å². The summed E-state index contributed by atoms with van der Waals surface area (Å²) in [6, 6.07) is 16.3. The van der Waals surface area contributed by atoms with Crippen LogP contribution in [0, 0.1) is 5.92 Å². The molecule has 1 atom stereocenters. The molecular formula is C21H26N2O2. The molecule has 2 aromatic rings. The van der Waals surface area contributed by atoms with Gasteiger partial charge in [-0.15, -0.1) is 0 Å². The Hall–Kier alpha value is -2.04. The second-order valence-corrected chi connectivity index (χ2v) is 7.06. The van der Waals surface area contributed by atoms with E-state index in [1.807, 2.05) is 36.4 Å². The first kappa shape index (κ1) is 16.4. The van der Waals surface area contributed by atoms with E-state index in [1.165, 1.54) is 12.8 Å². The third-order valence-corrected chi connectivity index (χ3v) is 5.18. The van der Waals surface area contributed by atoms with E-state index in [4.69, 9.17) is 4.74 Å². The molecule has 132 valence electrons. The number of piperazine rings is 1. The normalized spacial score (nSPS) is 19.5. The number of ether oxygens (including phenoxy) is 1. The summed E-state index contributed by atoms with van der Waals surface area (Å²) in [7, 11) is 0. The van der Waals surface area contributed by atoms with Crippen LogP contribution in [0.3, 0.4) is 0 Å². The van der Waals surface area contributed by atoms with E-state index >= 15 is 0 Å². The number of nitrogens with zero attached hydrogens (tertiary/aromatic N) is 1.